The zero-order chi connectivity index (χ0) is 13.2. The number of likely N-dealkylation sites (tertiary alicyclic amines) is 1. The van der Waals surface area contributed by atoms with Gasteiger partial charge in [-0.25, -0.2) is 0 Å². The lowest BCUT2D eigenvalue weighted by Crippen LogP contribution is -2.55. The number of piperidine rings is 1. The van der Waals surface area contributed by atoms with Crippen molar-refractivity contribution in [1.29, 1.82) is 0 Å². The molecule has 0 unspecified atom stereocenters. The van der Waals surface area contributed by atoms with Gasteiger partial charge in [0.25, 0.3) is 0 Å². The fourth-order valence-electron chi connectivity index (χ4n) is 2.41. The van der Waals surface area contributed by atoms with Gasteiger partial charge in [-0.15, -0.1) is 24.8 Å². The number of hydrogen-bond donors (Lipinski definition) is 1. The monoisotopic (exact) mass is 313 g/mol. The van der Waals surface area contributed by atoms with Crippen LogP contribution in [0.2, 0.25) is 0 Å². The van der Waals surface area contributed by atoms with Crippen molar-refractivity contribution in [3.63, 3.8) is 0 Å². The predicted molar refractivity (Wildman–Crippen MR) is 85.3 cm³/mol. The highest BCUT2D eigenvalue weighted by atomic mass is 35.5. The number of rotatable bonds is 3. The maximum Gasteiger partial charge on any atom is 0.242 e. The lowest BCUT2D eigenvalue weighted by Gasteiger charge is -2.40. The fourth-order valence-corrected chi connectivity index (χ4v) is 2.41. The SMILES string of the molecule is CC(C)N1CCC(N(C)C(=O)C(C)(C)N)CC1.Cl.Cl. The Morgan fingerprint density at radius 3 is 2.00 bits per heavy atom. The molecule has 2 N–H and O–H groups in total. The summed E-state index contributed by atoms with van der Waals surface area (Å²) in [4.78, 5) is 16.4. The van der Waals surface area contributed by atoms with Gasteiger partial charge in [0.05, 0.1) is 5.54 Å². The van der Waals surface area contributed by atoms with Crippen LogP contribution in [0.4, 0.5) is 0 Å². The molecule has 1 amide bonds. The average Bonchev–Trinajstić information content (AvgIpc) is 2.26. The van der Waals surface area contributed by atoms with Crippen molar-refractivity contribution < 1.29 is 4.79 Å². The molecule has 0 aromatic rings. The quantitative estimate of drug-likeness (QED) is 0.865. The summed E-state index contributed by atoms with van der Waals surface area (Å²) in [7, 11) is 1.88. The van der Waals surface area contributed by atoms with E-state index in [0.717, 1.165) is 25.9 Å². The predicted octanol–water partition coefficient (Wildman–Crippen LogP) is 1.90. The summed E-state index contributed by atoms with van der Waals surface area (Å²) in [6.45, 7) is 10.1. The van der Waals surface area contributed by atoms with Gasteiger partial charge in [0.1, 0.15) is 0 Å². The molecule has 0 aliphatic carbocycles. The number of nitrogens with zero attached hydrogens (tertiary/aromatic N) is 2. The minimum Gasteiger partial charge on any atom is -0.341 e. The zero-order valence-corrected chi connectivity index (χ0v) is 14.3. The number of nitrogens with two attached hydrogens (primary N) is 1. The topological polar surface area (TPSA) is 49.6 Å². The van der Waals surface area contributed by atoms with E-state index in [1.165, 1.54) is 0 Å². The second-order valence-corrected chi connectivity index (χ2v) is 6.00. The Balaban J connectivity index is 0. The van der Waals surface area contributed by atoms with Crippen molar-refractivity contribution in [2.24, 2.45) is 5.73 Å². The second-order valence-electron chi connectivity index (χ2n) is 6.00. The summed E-state index contributed by atoms with van der Waals surface area (Å²) >= 11 is 0. The maximum atomic E-state index is 12.1. The Hall–Kier alpha value is -0.0300. The van der Waals surface area contributed by atoms with Crippen LogP contribution in [-0.2, 0) is 4.79 Å². The molecule has 0 aromatic heterocycles. The molecule has 0 spiro atoms. The van der Waals surface area contributed by atoms with Crippen LogP contribution >= 0.6 is 24.8 Å². The summed E-state index contributed by atoms with van der Waals surface area (Å²) < 4.78 is 0. The molecular weight excluding hydrogens is 285 g/mol. The number of amides is 1. The lowest BCUT2D eigenvalue weighted by molar-refractivity contribution is -0.137. The van der Waals surface area contributed by atoms with Crippen LogP contribution in [0, 0.1) is 0 Å². The Morgan fingerprint density at radius 1 is 1.26 bits per heavy atom. The van der Waals surface area contributed by atoms with Gasteiger partial charge >= 0.3 is 0 Å². The number of carbonyl (C=O) groups is 1. The Morgan fingerprint density at radius 2 is 1.68 bits per heavy atom. The smallest absolute Gasteiger partial charge is 0.242 e. The Kier molecular flexibility index (Phi) is 9.29. The summed E-state index contributed by atoms with van der Waals surface area (Å²) in [5.41, 5.74) is 5.10. The molecule has 19 heavy (non-hydrogen) atoms. The van der Waals surface area contributed by atoms with E-state index >= 15 is 0 Å². The maximum absolute atomic E-state index is 12.1. The summed E-state index contributed by atoms with van der Waals surface area (Å²) in [5.74, 6) is 0.0421. The zero-order valence-electron chi connectivity index (χ0n) is 12.7. The molecule has 1 rings (SSSR count). The van der Waals surface area contributed by atoms with E-state index in [1.54, 1.807) is 13.8 Å². The first kappa shape index (κ1) is 21.3. The van der Waals surface area contributed by atoms with E-state index in [2.05, 4.69) is 18.7 Å². The first-order chi connectivity index (χ1) is 7.73. The van der Waals surface area contributed by atoms with E-state index in [-0.39, 0.29) is 30.7 Å². The number of carbonyl (C=O) groups excluding carboxylic acids is 1. The molecule has 1 aliphatic rings. The van der Waals surface area contributed by atoms with Crippen molar-refractivity contribution >= 4 is 30.7 Å². The third-order valence-corrected chi connectivity index (χ3v) is 3.65. The van der Waals surface area contributed by atoms with Gasteiger partial charge in [0.15, 0.2) is 0 Å². The summed E-state index contributed by atoms with van der Waals surface area (Å²) in [5, 5.41) is 0. The Bertz CT molecular complexity index is 272. The highest BCUT2D eigenvalue weighted by Crippen LogP contribution is 2.19. The summed E-state index contributed by atoms with van der Waals surface area (Å²) in [6.07, 6.45) is 2.10. The minimum absolute atomic E-state index is 0. The molecule has 6 heteroatoms. The van der Waals surface area contributed by atoms with Gasteiger partial charge in [-0.3, -0.25) is 4.79 Å². The van der Waals surface area contributed by atoms with E-state index in [4.69, 9.17) is 5.73 Å². The van der Waals surface area contributed by atoms with E-state index < -0.39 is 5.54 Å². The molecule has 0 radical (unpaired) electrons. The number of halogens is 2. The molecule has 0 aromatic carbocycles. The molecule has 4 nitrogen and oxygen atoms in total. The standard InChI is InChI=1S/C13H27N3O.2ClH/c1-10(2)16-8-6-11(7-9-16)15(5)12(17)13(3,4)14;;/h10-11H,6-9,14H2,1-5H3;2*1H. The van der Waals surface area contributed by atoms with Gasteiger partial charge in [-0.2, -0.15) is 0 Å². The van der Waals surface area contributed by atoms with Crippen LogP contribution in [0.15, 0.2) is 0 Å². The molecule has 0 atom stereocenters. The van der Waals surface area contributed by atoms with Crippen LogP contribution in [0.25, 0.3) is 0 Å². The lowest BCUT2D eigenvalue weighted by atomic mass is 9.99. The van der Waals surface area contributed by atoms with Crippen molar-refractivity contribution in [2.75, 3.05) is 20.1 Å². The van der Waals surface area contributed by atoms with Crippen LogP contribution in [0.5, 0.6) is 0 Å². The van der Waals surface area contributed by atoms with Crippen molar-refractivity contribution in [1.82, 2.24) is 9.80 Å². The normalized spacial score (nSPS) is 17.6. The van der Waals surface area contributed by atoms with Crippen molar-refractivity contribution in [3.8, 4) is 0 Å². The molecular formula is C13H29Cl2N3O. The number of likely N-dealkylation sites (N-methyl/N-ethyl adjacent to an activating group) is 1. The van der Waals surface area contributed by atoms with Crippen LogP contribution in [0.1, 0.15) is 40.5 Å². The van der Waals surface area contributed by atoms with Crippen LogP contribution in [0.3, 0.4) is 0 Å². The van der Waals surface area contributed by atoms with E-state index in [9.17, 15) is 4.79 Å². The fraction of sp³-hybridized carbons (Fsp3) is 0.923. The highest BCUT2D eigenvalue weighted by molar-refractivity contribution is 5.86. The summed E-state index contributed by atoms with van der Waals surface area (Å²) in [6, 6.07) is 0.947. The molecule has 116 valence electrons. The average molecular weight is 314 g/mol. The molecule has 1 saturated heterocycles. The molecule has 1 fully saturated rings. The van der Waals surface area contributed by atoms with Gasteiger partial charge in [0.2, 0.25) is 5.91 Å². The second kappa shape index (κ2) is 8.30. The Labute approximate surface area is 129 Å². The van der Waals surface area contributed by atoms with E-state index in [0.29, 0.717) is 12.1 Å². The minimum atomic E-state index is -0.760. The van der Waals surface area contributed by atoms with Gasteiger partial charge in [-0.05, 0) is 40.5 Å². The van der Waals surface area contributed by atoms with E-state index in [1.807, 2.05) is 11.9 Å². The third kappa shape index (κ3) is 5.86. The molecule has 1 heterocycles. The van der Waals surface area contributed by atoms with Crippen LogP contribution in [-0.4, -0.2) is 53.5 Å². The van der Waals surface area contributed by atoms with Gasteiger partial charge in [-0.1, -0.05) is 0 Å². The first-order valence-electron chi connectivity index (χ1n) is 6.53. The largest absolute Gasteiger partial charge is 0.341 e. The molecule has 1 aliphatic heterocycles. The van der Waals surface area contributed by atoms with Crippen molar-refractivity contribution in [3.05, 3.63) is 0 Å². The third-order valence-electron chi connectivity index (χ3n) is 3.65. The highest BCUT2D eigenvalue weighted by Gasteiger charge is 2.32. The first-order valence-corrected chi connectivity index (χ1v) is 6.53. The van der Waals surface area contributed by atoms with Gasteiger partial charge in [0, 0.05) is 32.2 Å². The molecule has 0 saturated carbocycles. The van der Waals surface area contributed by atoms with Gasteiger partial charge < -0.3 is 15.5 Å². The van der Waals surface area contributed by atoms with Crippen molar-refractivity contribution in [2.45, 2.75) is 58.2 Å². The number of hydrogen-bond acceptors (Lipinski definition) is 3. The molecule has 0 bridgehead atoms. The van der Waals surface area contributed by atoms with Crippen LogP contribution < -0.4 is 5.73 Å².